The van der Waals surface area contributed by atoms with Gasteiger partial charge in [-0.25, -0.2) is 0 Å². The molecule has 120 valence electrons. The first-order valence-electron chi connectivity index (χ1n) is 7.91. The van der Waals surface area contributed by atoms with Crippen LogP contribution in [-0.4, -0.2) is 55.3 Å². The zero-order chi connectivity index (χ0) is 15.9. The number of benzene rings is 1. The normalized spacial score (nSPS) is 15.1. The number of rotatable bonds is 4. The molecular formula is C17H25N3O2. The monoisotopic (exact) mass is 303 g/mol. The summed E-state index contributed by atoms with van der Waals surface area (Å²) in [5.74, 6) is 0.127. The predicted octanol–water partition coefficient (Wildman–Crippen LogP) is 2.20. The van der Waals surface area contributed by atoms with Crippen molar-refractivity contribution < 1.29 is 9.59 Å². The fourth-order valence-corrected chi connectivity index (χ4v) is 2.60. The lowest BCUT2D eigenvalue weighted by Gasteiger charge is -2.20. The molecule has 0 bridgehead atoms. The maximum absolute atomic E-state index is 12.2. The van der Waals surface area contributed by atoms with Crippen LogP contribution in [0.5, 0.6) is 0 Å². The molecule has 1 aromatic carbocycles. The molecule has 1 aliphatic heterocycles. The molecule has 1 N–H and O–H groups in total. The predicted molar refractivity (Wildman–Crippen MR) is 88.0 cm³/mol. The summed E-state index contributed by atoms with van der Waals surface area (Å²) >= 11 is 0. The van der Waals surface area contributed by atoms with Gasteiger partial charge in [0.1, 0.15) is 0 Å². The van der Waals surface area contributed by atoms with Crippen LogP contribution in [0.25, 0.3) is 0 Å². The molecule has 5 heteroatoms. The average molecular weight is 303 g/mol. The van der Waals surface area contributed by atoms with Crippen molar-refractivity contribution in [1.29, 1.82) is 0 Å². The van der Waals surface area contributed by atoms with Crippen LogP contribution < -0.4 is 5.32 Å². The third-order valence-corrected chi connectivity index (χ3v) is 3.94. The smallest absolute Gasteiger partial charge is 0.253 e. The van der Waals surface area contributed by atoms with E-state index in [1.54, 1.807) is 31.1 Å². The summed E-state index contributed by atoms with van der Waals surface area (Å²) < 4.78 is 0. The van der Waals surface area contributed by atoms with Crippen molar-refractivity contribution in [2.45, 2.75) is 25.7 Å². The Morgan fingerprint density at radius 2 is 1.64 bits per heavy atom. The number of amides is 2. The maximum atomic E-state index is 12.2. The molecule has 0 atom stereocenters. The van der Waals surface area contributed by atoms with Gasteiger partial charge in [0.25, 0.3) is 5.91 Å². The van der Waals surface area contributed by atoms with E-state index in [1.165, 1.54) is 12.8 Å². The van der Waals surface area contributed by atoms with Gasteiger partial charge in [0.05, 0.1) is 6.54 Å². The summed E-state index contributed by atoms with van der Waals surface area (Å²) in [5, 5.41) is 3.14. The summed E-state index contributed by atoms with van der Waals surface area (Å²) in [7, 11) is 3.46. The largest absolute Gasteiger partial charge is 0.376 e. The highest BCUT2D eigenvalue weighted by atomic mass is 16.2. The van der Waals surface area contributed by atoms with Crippen LogP contribution >= 0.6 is 0 Å². The fraction of sp³-hybridized carbons (Fsp3) is 0.529. The molecule has 0 saturated carbocycles. The van der Waals surface area contributed by atoms with Crippen molar-refractivity contribution in [2.24, 2.45) is 0 Å². The third kappa shape index (κ3) is 4.48. The Morgan fingerprint density at radius 1 is 1.05 bits per heavy atom. The van der Waals surface area contributed by atoms with Gasteiger partial charge in [-0.15, -0.1) is 0 Å². The van der Waals surface area contributed by atoms with E-state index in [-0.39, 0.29) is 11.8 Å². The molecule has 1 aromatic rings. The van der Waals surface area contributed by atoms with E-state index >= 15 is 0 Å². The van der Waals surface area contributed by atoms with Crippen molar-refractivity contribution in [3.05, 3.63) is 29.8 Å². The van der Waals surface area contributed by atoms with Gasteiger partial charge in [-0.2, -0.15) is 0 Å². The van der Waals surface area contributed by atoms with Crippen molar-refractivity contribution >= 4 is 17.5 Å². The standard InChI is InChI=1S/C17H25N3O2/c1-19(2)17(22)14-7-9-15(10-8-14)18-13-16(21)20-11-5-3-4-6-12-20/h7-10,18H,3-6,11-13H2,1-2H3. The quantitative estimate of drug-likeness (QED) is 0.928. The van der Waals surface area contributed by atoms with Crippen LogP contribution in [0.3, 0.4) is 0 Å². The maximum Gasteiger partial charge on any atom is 0.253 e. The van der Waals surface area contributed by atoms with Crippen molar-refractivity contribution in [1.82, 2.24) is 9.80 Å². The second-order valence-electron chi connectivity index (χ2n) is 5.93. The van der Waals surface area contributed by atoms with E-state index in [0.29, 0.717) is 12.1 Å². The minimum atomic E-state index is -0.0211. The second-order valence-corrected chi connectivity index (χ2v) is 5.93. The topological polar surface area (TPSA) is 52.7 Å². The van der Waals surface area contributed by atoms with Gasteiger partial charge in [0.2, 0.25) is 5.91 Å². The molecule has 1 heterocycles. The average Bonchev–Trinajstić information content (AvgIpc) is 2.81. The van der Waals surface area contributed by atoms with Crippen LogP contribution in [0.2, 0.25) is 0 Å². The molecule has 2 amide bonds. The third-order valence-electron chi connectivity index (χ3n) is 3.94. The summed E-state index contributed by atoms with van der Waals surface area (Å²) in [5.41, 5.74) is 1.51. The first-order valence-corrected chi connectivity index (χ1v) is 7.91. The minimum absolute atomic E-state index is 0.0211. The highest BCUT2D eigenvalue weighted by Crippen LogP contribution is 2.12. The van der Waals surface area contributed by atoms with E-state index in [0.717, 1.165) is 31.6 Å². The molecule has 0 aliphatic carbocycles. The van der Waals surface area contributed by atoms with Crippen molar-refractivity contribution in [3.8, 4) is 0 Å². The number of anilines is 1. The number of hydrogen-bond acceptors (Lipinski definition) is 3. The SMILES string of the molecule is CN(C)C(=O)c1ccc(NCC(=O)N2CCCCCC2)cc1. The van der Waals surface area contributed by atoms with E-state index in [9.17, 15) is 9.59 Å². The van der Waals surface area contributed by atoms with E-state index in [2.05, 4.69) is 5.32 Å². The molecule has 1 fully saturated rings. The van der Waals surface area contributed by atoms with Crippen molar-refractivity contribution in [3.63, 3.8) is 0 Å². The molecule has 22 heavy (non-hydrogen) atoms. The lowest BCUT2D eigenvalue weighted by Crippen LogP contribution is -2.36. The fourth-order valence-electron chi connectivity index (χ4n) is 2.60. The van der Waals surface area contributed by atoms with E-state index in [4.69, 9.17) is 0 Å². The Bertz CT molecular complexity index is 503. The van der Waals surface area contributed by atoms with Gasteiger partial charge in [-0.05, 0) is 37.1 Å². The molecule has 2 rings (SSSR count). The summed E-state index contributed by atoms with van der Waals surface area (Å²) in [4.78, 5) is 27.5. The first-order chi connectivity index (χ1) is 10.6. The molecule has 0 radical (unpaired) electrons. The highest BCUT2D eigenvalue weighted by Gasteiger charge is 2.15. The molecule has 0 spiro atoms. The molecule has 1 saturated heterocycles. The van der Waals surface area contributed by atoms with Gasteiger partial charge in [-0.1, -0.05) is 12.8 Å². The van der Waals surface area contributed by atoms with Crippen LogP contribution in [-0.2, 0) is 4.79 Å². The van der Waals surface area contributed by atoms with Gasteiger partial charge >= 0.3 is 0 Å². The number of likely N-dealkylation sites (tertiary alicyclic amines) is 1. The number of carbonyl (C=O) groups is 2. The summed E-state index contributed by atoms with van der Waals surface area (Å²) in [6.45, 7) is 2.05. The lowest BCUT2D eigenvalue weighted by molar-refractivity contribution is -0.129. The number of nitrogens with one attached hydrogen (secondary N) is 1. The molecule has 0 unspecified atom stereocenters. The van der Waals surface area contributed by atoms with Gasteiger partial charge < -0.3 is 15.1 Å². The number of carbonyl (C=O) groups excluding carboxylic acids is 2. The summed E-state index contributed by atoms with van der Waals surface area (Å²) in [6, 6.07) is 7.24. The number of nitrogens with zero attached hydrogens (tertiary/aromatic N) is 2. The van der Waals surface area contributed by atoms with Crippen LogP contribution in [0.4, 0.5) is 5.69 Å². The first kappa shape index (κ1) is 16.3. The Balaban J connectivity index is 1.86. The zero-order valence-electron chi connectivity index (χ0n) is 13.5. The molecule has 5 nitrogen and oxygen atoms in total. The Kier molecular flexibility index (Phi) is 5.81. The highest BCUT2D eigenvalue weighted by molar-refractivity contribution is 5.94. The van der Waals surface area contributed by atoms with Gasteiger partial charge in [-0.3, -0.25) is 9.59 Å². The van der Waals surface area contributed by atoms with Gasteiger partial charge in [0.15, 0.2) is 0 Å². The Morgan fingerprint density at radius 3 is 2.18 bits per heavy atom. The second kappa shape index (κ2) is 7.82. The Hall–Kier alpha value is -2.04. The number of hydrogen-bond donors (Lipinski definition) is 1. The van der Waals surface area contributed by atoms with Crippen molar-refractivity contribution in [2.75, 3.05) is 39.0 Å². The lowest BCUT2D eigenvalue weighted by atomic mass is 10.2. The van der Waals surface area contributed by atoms with Crippen LogP contribution in [0.15, 0.2) is 24.3 Å². The molecule has 0 aromatic heterocycles. The summed E-state index contributed by atoms with van der Waals surface area (Å²) in [6.07, 6.45) is 4.65. The Labute approximate surface area is 132 Å². The van der Waals surface area contributed by atoms with Gasteiger partial charge in [0, 0.05) is 38.4 Å². The van der Waals surface area contributed by atoms with Crippen LogP contribution in [0.1, 0.15) is 36.0 Å². The van der Waals surface area contributed by atoms with Crippen LogP contribution in [0, 0.1) is 0 Å². The minimum Gasteiger partial charge on any atom is -0.376 e. The van der Waals surface area contributed by atoms with E-state index in [1.807, 2.05) is 17.0 Å². The molecule has 1 aliphatic rings. The molecular weight excluding hydrogens is 278 g/mol. The van der Waals surface area contributed by atoms with E-state index < -0.39 is 0 Å². The zero-order valence-corrected chi connectivity index (χ0v) is 13.5.